The third kappa shape index (κ3) is 7.45. The van der Waals surface area contributed by atoms with Gasteiger partial charge in [0.05, 0.1) is 11.8 Å². The highest BCUT2D eigenvalue weighted by atomic mass is 35.5. The molecular formula is C21H21Cl3O3. The van der Waals surface area contributed by atoms with E-state index in [-0.39, 0.29) is 23.5 Å². The van der Waals surface area contributed by atoms with Crippen molar-refractivity contribution in [1.82, 2.24) is 0 Å². The van der Waals surface area contributed by atoms with E-state index in [1.54, 1.807) is 0 Å². The fourth-order valence-electron chi connectivity index (χ4n) is 2.34. The van der Waals surface area contributed by atoms with Gasteiger partial charge < -0.3 is 9.47 Å². The van der Waals surface area contributed by atoms with E-state index < -0.39 is 10.8 Å². The predicted molar refractivity (Wildman–Crippen MR) is 111 cm³/mol. The largest absolute Gasteiger partial charge is 0.461 e. The van der Waals surface area contributed by atoms with Gasteiger partial charge in [-0.25, -0.2) is 0 Å². The lowest BCUT2D eigenvalue weighted by molar-refractivity contribution is -0.147. The van der Waals surface area contributed by atoms with Crippen LogP contribution in [0.2, 0.25) is 0 Å². The van der Waals surface area contributed by atoms with Crippen LogP contribution >= 0.6 is 34.8 Å². The number of allylic oxidation sites excluding steroid dienone is 1. The molecule has 0 radical (unpaired) electrons. The zero-order valence-corrected chi connectivity index (χ0v) is 17.4. The Labute approximate surface area is 174 Å². The first-order valence-corrected chi connectivity index (χ1v) is 9.60. The SMILES string of the molecule is CC(C)(CC(=O)OCc1cccc(Oc2ccccc2)c1)C(Cl)C=C(Cl)Cl. The number of carbonyl (C=O) groups is 1. The van der Waals surface area contributed by atoms with E-state index >= 15 is 0 Å². The van der Waals surface area contributed by atoms with Gasteiger partial charge in [0.15, 0.2) is 0 Å². The molecule has 0 saturated heterocycles. The molecule has 2 rings (SSSR count). The first kappa shape index (κ1) is 21.6. The molecule has 1 unspecified atom stereocenters. The van der Waals surface area contributed by atoms with Gasteiger partial charge in [0.25, 0.3) is 0 Å². The first-order valence-electron chi connectivity index (χ1n) is 8.40. The van der Waals surface area contributed by atoms with Gasteiger partial charge in [0.1, 0.15) is 22.6 Å². The van der Waals surface area contributed by atoms with Gasteiger partial charge in [0, 0.05) is 0 Å². The van der Waals surface area contributed by atoms with Crippen molar-refractivity contribution < 1.29 is 14.3 Å². The lowest BCUT2D eigenvalue weighted by Gasteiger charge is -2.27. The summed E-state index contributed by atoms with van der Waals surface area (Å²) in [5, 5.41) is -0.488. The van der Waals surface area contributed by atoms with E-state index in [0.717, 1.165) is 11.3 Å². The minimum Gasteiger partial charge on any atom is -0.461 e. The number of benzene rings is 2. The maximum Gasteiger partial charge on any atom is 0.306 e. The van der Waals surface area contributed by atoms with Crippen LogP contribution in [0.5, 0.6) is 11.5 Å². The normalized spacial score (nSPS) is 12.2. The van der Waals surface area contributed by atoms with Gasteiger partial charge in [0.2, 0.25) is 0 Å². The van der Waals surface area contributed by atoms with Crippen molar-refractivity contribution in [3.05, 3.63) is 70.7 Å². The molecule has 0 aliphatic carbocycles. The van der Waals surface area contributed by atoms with E-state index in [1.807, 2.05) is 68.4 Å². The van der Waals surface area contributed by atoms with Crippen molar-refractivity contribution >= 4 is 40.8 Å². The van der Waals surface area contributed by atoms with Crippen molar-refractivity contribution in [2.45, 2.75) is 32.3 Å². The van der Waals surface area contributed by atoms with Crippen LogP contribution in [0.4, 0.5) is 0 Å². The molecule has 0 saturated carbocycles. The average molecular weight is 428 g/mol. The van der Waals surface area contributed by atoms with Crippen LogP contribution < -0.4 is 4.74 Å². The Morgan fingerprint density at radius 2 is 1.74 bits per heavy atom. The molecule has 1 atom stereocenters. The van der Waals surface area contributed by atoms with Crippen LogP contribution in [0, 0.1) is 5.41 Å². The predicted octanol–water partition coefficient (Wildman–Crippen LogP) is 6.86. The highest BCUT2D eigenvalue weighted by Gasteiger charge is 2.30. The van der Waals surface area contributed by atoms with Gasteiger partial charge in [-0.15, -0.1) is 11.6 Å². The number of carbonyl (C=O) groups excluding carboxylic acids is 1. The van der Waals surface area contributed by atoms with Gasteiger partial charge >= 0.3 is 5.97 Å². The Morgan fingerprint density at radius 3 is 2.41 bits per heavy atom. The van der Waals surface area contributed by atoms with Gasteiger partial charge in [-0.2, -0.15) is 0 Å². The minimum absolute atomic E-state index is 0.0756. The highest BCUT2D eigenvalue weighted by Crippen LogP contribution is 2.33. The molecule has 144 valence electrons. The van der Waals surface area contributed by atoms with Crippen molar-refractivity contribution in [3.8, 4) is 11.5 Å². The fraction of sp³-hybridized carbons (Fsp3) is 0.286. The molecule has 27 heavy (non-hydrogen) atoms. The van der Waals surface area contributed by atoms with E-state index in [1.165, 1.54) is 6.08 Å². The molecule has 0 heterocycles. The Morgan fingerprint density at radius 1 is 1.07 bits per heavy atom. The number of ether oxygens (including phenoxy) is 2. The van der Waals surface area contributed by atoms with Crippen LogP contribution in [0.3, 0.4) is 0 Å². The zero-order valence-electron chi connectivity index (χ0n) is 15.1. The summed E-state index contributed by atoms with van der Waals surface area (Å²) in [4.78, 5) is 12.2. The van der Waals surface area contributed by atoms with Crippen LogP contribution in [-0.4, -0.2) is 11.3 Å². The number of esters is 1. The smallest absolute Gasteiger partial charge is 0.306 e. The quantitative estimate of drug-likeness (QED) is 0.341. The number of alkyl halides is 1. The van der Waals surface area contributed by atoms with Crippen molar-refractivity contribution in [1.29, 1.82) is 0 Å². The number of para-hydroxylation sites is 1. The minimum atomic E-state index is -0.550. The summed E-state index contributed by atoms with van der Waals surface area (Å²) in [5.41, 5.74) is 0.284. The second-order valence-corrected chi connectivity index (χ2v) is 8.22. The number of rotatable bonds is 8. The molecular weight excluding hydrogens is 407 g/mol. The molecule has 6 heteroatoms. The molecule has 2 aromatic rings. The van der Waals surface area contributed by atoms with Crippen molar-refractivity contribution in [3.63, 3.8) is 0 Å². The molecule has 0 bridgehead atoms. The summed E-state index contributed by atoms with van der Waals surface area (Å²) in [6.07, 6.45) is 1.64. The van der Waals surface area contributed by atoms with E-state index in [4.69, 9.17) is 44.3 Å². The van der Waals surface area contributed by atoms with Crippen LogP contribution in [0.25, 0.3) is 0 Å². The van der Waals surface area contributed by atoms with Crippen molar-refractivity contribution in [2.75, 3.05) is 0 Å². The Hall–Kier alpha value is -1.68. The molecule has 0 fully saturated rings. The average Bonchev–Trinajstić information content (AvgIpc) is 2.60. The second-order valence-electron chi connectivity index (χ2n) is 6.75. The number of hydrogen-bond acceptors (Lipinski definition) is 3. The topological polar surface area (TPSA) is 35.5 Å². The third-order valence-corrected chi connectivity index (χ3v) is 4.86. The van der Waals surface area contributed by atoms with Crippen LogP contribution in [-0.2, 0) is 16.1 Å². The summed E-state index contributed by atoms with van der Waals surface area (Å²) >= 11 is 17.5. The number of hydrogen-bond donors (Lipinski definition) is 0. The molecule has 0 aromatic heterocycles. The van der Waals surface area contributed by atoms with Crippen LogP contribution in [0.1, 0.15) is 25.8 Å². The molecule has 3 nitrogen and oxygen atoms in total. The molecule has 0 amide bonds. The molecule has 2 aromatic carbocycles. The molecule has 0 N–H and O–H groups in total. The molecule has 0 aliphatic rings. The maximum atomic E-state index is 12.2. The standard InChI is InChI=1S/C21H21Cl3O3/c1-21(2,18(22)12-19(23)24)13-20(25)26-14-15-7-6-10-17(11-15)27-16-8-4-3-5-9-16/h3-12,18H,13-14H2,1-2H3. The Bertz CT molecular complexity index is 784. The van der Waals surface area contributed by atoms with E-state index in [0.29, 0.717) is 5.75 Å². The summed E-state index contributed by atoms with van der Waals surface area (Å²) in [5.74, 6) is 1.07. The lowest BCUT2D eigenvalue weighted by atomic mass is 9.85. The zero-order chi connectivity index (χ0) is 19.9. The maximum absolute atomic E-state index is 12.2. The van der Waals surface area contributed by atoms with E-state index in [9.17, 15) is 4.79 Å². The Kier molecular flexibility index (Phi) is 8.03. The van der Waals surface area contributed by atoms with Gasteiger partial charge in [-0.3, -0.25) is 4.79 Å². The summed E-state index contributed by atoms with van der Waals surface area (Å²) in [6, 6.07) is 16.9. The number of halogens is 3. The van der Waals surface area contributed by atoms with E-state index in [2.05, 4.69) is 0 Å². The molecule has 0 spiro atoms. The Balaban J connectivity index is 1.91. The lowest BCUT2D eigenvalue weighted by Crippen LogP contribution is -2.27. The van der Waals surface area contributed by atoms with Crippen LogP contribution in [0.15, 0.2) is 65.2 Å². The second kappa shape index (κ2) is 10.0. The molecule has 0 aliphatic heterocycles. The monoisotopic (exact) mass is 426 g/mol. The fourth-order valence-corrected chi connectivity index (χ4v) is 2.93. The van der Waals surface area contributed by atoms with Gasteiger partial charge in [-0.1, -0.05) is 67.4 Å². The third-order valence-electron chi connectivity index (χ3n) is 3.90. The summed E-state index contributed by atoms with van der Waals surface area (Å²) < 4.78 is 11.2. The van der Waals surface area contributed by atoms with Crippen molar-refractivity contribution in [2.24, 2.45) is 5.41 Å². The first-order chi connectivity index (χ1) is 12.8. The summed E-state index contributed by atoms with van der Waals surface area (Å²) in [7, 11) is 0. The highest BCUT2D eigenvalue weighted by molar-refractivity contribution is 6.56. The summed E-state index contributed by atoms with van der Waals surface area (Å²) in [6.45, 7) is 3.86. The van der Waals surface area contributed by atoms with Gasteiger partial charge in [-0.05, 0) is 41.3 Å².